The zero-order valence-electron chi connectivity index (χ0n) is 17.7. The van der Waals surface area contributed by atoms with Crippen LogP contribution in [0.5, 0.6) is 0 Å². The number of rotatable bonds is 7. The summed E-state index contributed by atoms with van der Waals surface area (Å²) in [6.45, 7) is 4.03. The lowest BCUT2D eigenvalue weighted by Crippen LogP contribution is -2.52. The van der Waals surface area contributed by atoms with Crippen LogP contribution >= 0.6 is 35.6 Å². The Morgan fingerprint density at radius 3 is 2.42 bits per heavy atom. The van der Waals surface area contributed by atoms with Crippen molar-refractivity contribution < 1.29 is 8.42 Å². The van der Waals surface area contributed by atoms with E-state index in [0.29, 0.717) is 13.0 Å². The smallest absolute Gasteiger partial charge is 0.193 e. The van der Waals surface area contributed by atoms with Crippen LogP contribution in [0.4, 0.5) is 5.69 Å². The summed E-state index contributed by atoms with van der Waals surface area (Å²) >= 11 is 6.10. The van der Waals surface area contributed by atoms with Gasteiger partial charge >= 0.3 is 0 Å². The van der Waals surface area contributed by atoms with Crippen LogP contribution in [0.2, 0.25) is 5.02 Å². The van der Waals surface area contributed by atoms with Gasteiger partial charge in [-0.3, -0.25) is 4.99 Å². The molecule has 31 heavy (non-hydrogen) atoms. The Labute approximate surface area is 207 Å². The van der Waals surface area contributed by atoms with Crippen molar-refractivity contribution in [3.05, 3.63) is 65.2 Å². The number of benzene rings is 2. The number of nitrogens with zero attached hydrogens (tertiary/aromatic N) is 3. The van der Waals surface area contributed by atoms with Gasteiger partial charge in [0.1, 0.15) is 0 Å². The second-order valence-electron chi connectivity index (χ2n) is 7.36. The van der Waals surface area contributed by atoms with Gasteiger partial charge in [-0.2, -0.15) is 0 Å². The molecule has 1 aliphatic rings. The minimum Gasteiger partial charge on any atom is -0.368 e. The molecule has 9 heteroatoms. The zero-order chi connectivity index (χ0) is 21.4. The summed E-state index contributed by atoms with van der Waals surface area (Å²) in [5.74, 6) is 1.07. The van der Waals surface area contributed by atoms with E-state index in [1.165, 1.54) is 0 Å². The van der Waals surface area contributed by atoms with Crippen LogP contribution in [0.1, 0.15) is 12.0 Å². The standard InChI is InChI=1S/C22H29ClN4O2S.HI/c1-24-22(25-11-6-16-30(28,29)18-19-7-3-2-4-8-19)27-14-12-26(13-15-27)21-10-5-9-20(23)17-21;/h2-5,7-10,17H,6,11-16,18H2,1H3,(H,24,25);1H. The maximum atomic E-state index is 12.3. The van der Waals surface area contributed by atoms with E-state index in [1.807, 2.05) is 48.5 Å². The summed E-state index contributed by atoms with van der Waals surface area (Å²) in [6, 6.07) is 17.2. The Kier molecular flexibility index (Phi) is 10.4. The van der Waals surface area contributed by atoms with Gasteiger partial charge in [0.2, 0.25) is 0 Å². The summed E-state index contributed by atoms with van der Waals surface area (Å²) in [4.78, 5) is 8.89. The maximum absolute atomic E-state index is 12.3. The number of guanidine groups is 1. The average molecular weight is 577 g/mol. The number of anilines is 1. The number of nitrogens with one attached hydrogen (secondary N) is 1. The lowest BCUT2D eigenvalue weighted by molar-refractivity contribution is 0.373. The molecule has 170 valence electrons. The van der Waals surface area contributed by atoms with Crippen LogP contribution in [0.15, 0.2) is 59.6 Å². The normalized spacial score (nSPS) is 14.8. The number of piperazine rings is 1. The first kappa shape index (κ1) is 25.7. The quantitative estimate of drug-likeness (QED) is 0.236. The van der Waals surface area contributed by atoms with Gasteiger partial charge in [-0.05, 0) is 30.2 Å². The number of hydrogen-bond acceptors (Lipinski definition) is 4. The second kappa shape index (κ2) is 12.5. The molecule has 0 amide bonds. The zero-order valence-corrected chi connectivity index (χ0v) is 21.6. The third-order valence-electron chi connectivity index (χ3n) is 5.11. The maximum Gasteiger partial charge on any atom is 0.193 e. The fraction of sp³-hybridized carbons (Fsp3) is 0.409. The fourth-order valence-corrected chi connectivity index (χ4v) is 5.19. The Bertz CT molecular complexity index is 949. The third kappa shape index (κ3) is 8.16. The van der Waals surface area contributed by atoms with Crippen LogP contribution in [0, 0.1) is 0 Å². The third-order valence-corrected chi connectivity index (χ3v) is 7.03. The highest BCUT2D eigenvalue weighted by molar-refractivity contribution is 14.0. The molecule has 0 radical (unpaired) electrons. The molecule has 1 N–H and O–H groups in total. The summed E-state index contributed by atoms with van der Waals surface area (Å²) in [7, 11) is -1.35. The van der Waals surface area contributed by atoms with E-state index in [-0.39, 0.29) is 35.5 Å². The van der Waals surface area contributed by atoms with Crippen molar-refractivity contribution in [3.8, 4) is 0 Å². The van der Waals surface area contributed by atoms with Crippen molar-refractivity contribution in [1.82, 2.24) is 10.2 Å². The predicted molar refractivity (Wildman–Crippen MR) is 141 cm³/mol. The van der Waals surface area contributed by atoms with E-state index in [4.69, 9.17) is 11.6 Å². The van der Waals surface area contributed by atoms with Crippen LogP contribution < -0.4 is 10.2 Å². The Balaban J connectivity index is 0.00000341. The Morgan fingerprint density at radius 1 is 1.06 bits per heavy atom. The molecular weight excluding hydrogens is 547 g/mol. The topological polar surface area (TPSA) is 65.0 Å². The van der Waals surface area contributed by atoms with Crippen LogP contribution in [-0.4, -0.2) is 64.8 Å². The molecule has 0 bridgehead atoms. The molecule has 6 nitrogen and oxygen atoms in total. The molecule has 1 aliphatic heterocycles. The van der Waals surface area contributed by atoms with Gasteiger partial charge in [0.05, 0.1) is 11.5 Å². The van der Waals surface area contributed by atoms with Gasteiger partial charge < -0.3 is 15.1 Å². The molecule has 2 aromatic carbocycles. The van der Waals surface area contributed by atoms with Crippen molar-refractivity contribution in [1.29, 1.82) is 0 Å². The summed E-state index contributed by atoms with van der Waals surface area (Å²) in [5, 5.41) is 4.06. The highest BCUT2D eigenvalue weighted by Crippen LogP contribution is 2.20. The number of halogens is 2. The van der Waals surface area contributed by atoms with Gasteiger partial charge in [0.15, 0.2) is 15.8 Å². The van der Waals surface area contributed by atoms with Gasteiger partial charge in [-0.15, -0.1) is 24.0 Å². The minimum atomic E-state index is -3.12. The molecule has 1 fully saturated rings. The average Bonchev–Trinajstić information content (AvgIpc) is 2.74. The molecule has 0 spiro atoms. The number of hydrogen-bond donors (Lipinski definition) is 1. The SMILES string of the molecule is CN=C(NCCCS(=O)(=O)Cc1ccccc1)N1CCN(c2cccc(Cl)c2)CC1.I. The molecule has 1 saturated heterocycles. The van der Waals surface area contributed by atoms with E-state index < -0.39 is 9.84 Å². The van der Waals surface area contributed by atoms with Crippen LogP contribution in [-0.2, 0) is 15.6 Å². The first-order chi connectivity index (χ1) is 14.5. The van der Waals surface area contributed by atoms with E-state index >= 15 is 0 Å². The molecular formula is C22H30ClIN4O2S. The number of aliphatic imine (C=N–C) groups is 1. The molecule has 0 aliphatic carbocycles. The van der Waals surface area contributed by atoms with Crippen LogP contribution in [0.3, 0.4) is 0 Å². The van der Waals surface area contributed by atoms with E-state index in [9.17, 15) is 8.42 Å². The minimum absolute atomic E-state index is 0. The fourth-order valence-electron chi connectivity index (χ4n) is 3.57. The Morgan fingerprint density at radius 2 is 1.77 bits per heavy atom. The van der Waals surface area contributed by atoms with Crippen molar-refractivity contribution >= 4 is 57.1 Å². The largest absolute Gasteiger partial charge is 0.368 e. The lowest BCUT2D eigenvalue weighted by Gasteiger charge is -2.37. The monoisotopic (exact) mass is 576 g/mol. The first-order valence-electron chi connectivity index (χ1n) is 10.2. The molecule has 1 heterocycles. The predicted octanol–water partition coefficient (Wildman–Crippen LogP) is 3.66. The molecule has 0 aromatic heterocycles. The Hall–Kier alpha value is -1.52. The molecule has 0 unspecified atom stereocenters. The molecule has 0 saturated carbocycles. The lowest BCUT2D eigenvalue weighted by atomic mass is 10.2. The van der Waals surface area contributed by atoms with Gasteiger partial charge in [-0.1, -0.05) is 48.0 Å². The van der Waals surface area contributed by atoms with Gasteiger partial charge in [0.25, 0.3) is 0 Å². The number of sulfone groups is 1. The second-order valence-corrected chi connectivity index (χ2v) is 9.98. The van der Waals surface area contributed by atoms with Crippen LogP contribution in [0.25, 0.3) is 0 Å². The summed E-state index contributed by atoms with van der Waals surface area (Å²) in [6.07, 6.45) is 0.552. The molecule has 0 atom stereocenters. The van der Waals surface area contributed by atoms with E-state index in [1.54, 1.807) is 7.05 Å². The van der Waals surface area contributed by atoms with Crippen molar-refractivity contribution in [2.75, 3.05) is 50.4 Å². The van der Waals surface area contributed by atoms with E-state index in [0.717, 1.165) is 48.4 Å². The highest BCUT2D eigenvalue weighted by Gasteiger charge is 2.20. The van der Waals surface area contributed by atoms with Crippen molar-refractivity contribution in [3.63, 3.8) is 0 Å². The van der Waals surface area contributed by atoms with Gasteiger partial charge in [-0.25, -0.2) is 8.42 Å². The first-order valence-corrected chi connectivity index (χ1v) is 12.4. The van der Waals surface area contributed by atoms with Gasteiger partial charge in [0, 0.05) is 50.5 Å². The highest BCUT2D eigenvalue weighted by atomic mass is 127. The van der Waals surface area contributed by atoms with E-state index in [2.05, 4.69) is 26.2 Å². The van der Waals surface area contributed by atoms with Crippen molar-refractivity contribution in [2.45, 2.75) is 12.2 Å². The molecule has 2 aromatic rings. The van der Waals surface area contributed by atoms with Crippen molar-refractivity contribution in [2.24, 2.45) is 4.99 Å². The molecule has 3 rings (SSSR count). The summed E-state index contributed by atoms with van der Waals surface area (Å²) in [5.41, 5.74) is 1.97. The summed E-state index contributed by atoms with van der Waals surface area (Å²) < 4.78 is 24.7.